The molecule has 2 aliphatic rings. The highest BCUT2D eigenvalue weighted by atomic mass is 16.6. The number of rotatable bonds is 8. The van der Waals surface area contributed by atoms with Gasteiger partial charge in [-0.3, -0.25) is 0 Å². The standard InChI is InChI=1S/C30H29NO4/c32-30-28(31-29(35-30)25-11-5-2-6-12-25)21-22-8-7-13-27(20-22)34-19-18-33-26-16-14-24(15-17-26)23-9-3-1-4-10-23/h2,5-8,11-17,20-21,23H,1,3-4,9-10,18-19H2/b28-21+. The van der Waals surface area contributed by atoms with Gasteiger partial charge >= 0.3 is 5.97 Å². The van der Waals surface area contributed by atoms with Crippen LogP contribution in [0.3, 0.4) is 0 Å². The molecule has 1 heterocycles. The number of cyclic esters (lactones) is 1. The van der Waals surface area contributed by atoms with E-state index in [1.165, 1.54) is 37.7 Å². The van der Waals surface area contributed by atoms with Gasteiger partial charge in [-0.25, -0.2) is 9.79 Å². The molecule has 0 atom stereocenters. The first-order valence-corrected chi connectivity index (χ1v) is 12.3. The van der Waals surface area contributed by atoms with Crippen LogP contribution in [-0.4, -0.2) is 25.1 Å². The molecule has 0 radical (unpaired) electrons. The lowest BCUT2D eigenvalue weighted by atomic mass is 9.84. The number of hydrogen-bond acceptors (Lipinski definition) is 5. The lowest BCUT2D eigenvalue weighted by Gasteiger charge is -2.22. The summed E-state index contributed by atoms with van der Waals surface area (Å²) in [6, 6.07) is 25.4. The molecular formula is C30H29NO4. The molecule has 1 aliphatic heterocycles. The summed E-state index contributed by atoms with van der Waals surface area (Å²) in [5.74, 6) is 2.12. The molecule has 0 unspecified atom stereocenters. The van der Waals surface area contributed by atoms with Crippen LogP contribution in [0.25, 0.3) is 6.08 Å². The second kappa shape index (κ2) is 11.0. The third-order valence-electron chi connectivity index (χ3n) is 6.38. The van der Waals surface area contributed by atoms with E-state index in [2.05, 4.69) is 29.3 Å². The van der Waals surface area contributed by atoms with Crippen molar-refractivity contribution >= 4 is 17.9 Å². The van der Waals surface area contributed by atoms with Gasteiger partial charge in [-0.1, -0.05) is 61.7 Å². The van der Waals surface area contributed by atoms with E-state index in [0.29, 0.717) is 30.8 Å². The molecule has 0 saturated heterocycles. The highest BCUT2D eigenvalue weighted by molar-refractivity contribution is 6.12. The summed E-state index contributed by atoms with van der Waals surface area (Å²) in [6.45, 7) is 0.869. The Morgan fingerprint density at radius 3 is 2.34 bits per heavy atom. The van der Waals surface area contributed by atoms with Gasteiger partial charge in [0.1, 0.15) is 24.7 Å². The lowest BCUT2D eigenvalue weighted by molar-refractivity contribution is -0.129. The van der Waals surface area contributed by atoms with Crippen molar-refractivity contribution in [1.82, 2.24) is 0 Å². The Morgan fingerprint density at radius 1 is 0.829 bits per heavy atom. The Balaban J connectivity index is 1.14. The van der Waals surface area contributed by atoms with Crippen LogP contribution in [0.15, 0.2) is 89.6 Å². The summed E-state index contributed by atoms with van der Waals surface area (Å²) >= 11 is 0. The third kappa shape index (κ3) is 5.99. The highest BCUT2D eigenvalue weighted by Crippen LogP contribution is 2.33. The van der Waals surface area contributed by atoms with Crippen molar-refractivity contribution in [3.8, 4) is 11.5 Å². The molecule has 5 rings (SSSR count). The van der Waals surface area contributed by atoms with Crippen LogP contribution in [0, 0.1) is 0 Å². The maximum Gasteiger partial charge on any atom is 0.363 e. The Morgan fingerprint density at radius 2 is 1.57 bits per heavy atom. The summed E-state index contributed by atoms with van der Waals surface area (Å²) in [5.41, 5.74) is 3.27. The van der Waals surface area contributed by atoms with Crippen molar-refractivity contribution in [3.63, 3.8) is 0 Å². The van der Waals surface area contributed by atoms with Crippen LogP contribution >= 0.6 is 0 Å². The van der Waals surface area contributed by atoms with Crippen molar-refractivity contribution in [2.75, 3.05) is 13.2 Å². The van der Waals surface area contributed by atoms with Gasteiger partial charge < -0.3 is 14.2 Å². The van der Waals surface area contributed by atoms with E-state index < -0.39 is 5.97 Å². The number of carbonyl (C=O) groups excluding carboxylic acids is 1. The van der Waals surface area contributed by atoms with Crippen LogP contribution in [0.4, 0.5) is 0 Å². The van der Waals surface area contributed by atoms with Gasteiger partial charge in [-0.05, 0) is 72.4 Å². The zero-order valence-electron chi connectivity index (χ0n) is 19.7. The number of carbonyl (C=O) groups is 1. The number of ether oxygens (including phenoxy) is 3. The second-order valence-electron chi connectivity index (χ2n) is 8.88. The zero-order chi connectivity index (χ0) is 23.9. The highest BCUT2D eigenvalue weighted by Gasteiger charge is 2.24. The van der Waals surface area contributed by atoms with Crippen molar-refractivity contribution in [3.05, 3.63) is 101 Å². The smallest absolute Gasteiger partial charge is 0.363 e. The molecule has 3 aromatic carbocycles. The molecule has 3 aromatic rings. The summed E-state index contributed by atoms with van der Waals surface area (Å²) < 4.78 is 17.0. The average Bonchev–Trinajstić information content (AvgIpc) is 3.28. The SMILES string of the molecule is O=C1OC(c2ccccc2)=N/C1=C/c1cccc(OCCOc2ccc(C3CCCCC3)cc2)c1. The Hall–Kier alpha value is -3.86. The normalized spacial score (nSPS) is 17.2. The van der Waals surface area contributed by atoms with E-state index in [-0.39, 0.29) is 5.70 Å². The molecule has 178 valence electrons. The summed E-state index contributed by atoms with van der Waals surface area (Å²) in [4.78, 5) is 16.6. The minimum atomic E-state index is -0.460. The van der Waals surface area contributed by atoms with Crippen molar-refractivity contribution in [2.45, 2.75) is 38.0 Å². The van der Waals surface area contributed by atoms with Crippen LogP contribution in [-0.2, 0) is 9.53 Å². The van der Waals surface area contributed by atoms with E-state index in [1.807, 2.05) is 54.6 Å². The molecular weight excluding hydrogens is 438 g/mol. The first kappa shape index (κ1) is 22.9. The van der Waals surface area contributed by atoms with E-state index in [9.17, 15) is 4.79 Å². The van der Waals surface area contributed by atoms with Crippen LogP contribution in [0.2, 0.25) is 0 Å². The minimum absolute atomic E-state index is 0.265. The third-order valence-corrected chi connectivity index (χ3v) is 6.38. The maximum absolute atomic E-state index is 12.3. The van der Waals surface area contributed by atoms with E-state index >= 15 is 0 Å². The Kier molecular flexibility index (Phi) is 7.23. The topological polar surface area (TPSA) is 57.1 Å². The predicted octanol–water partition coefficient (Wildman–Crippen LogP) is 6.54. The largest absolute Gasteiger partial charge is 0.490 e. The molecule has 1 aliphatic carbocycles. The number of hydrogen-bond donors (Lipinski definition) is 0. The summed E-state index contributed by atoms with van der Waals surface area (Å²) in [7, 11) is 0. The van der Waals surface area contributed by atoms with Crippen LogP contribution in [0.1, 0.15) is 54.7 Å². The first-order chi connectivity index (χ1) is 17.2. The van der Waals surface area contributed by atoms with Crippen molar-refractivity contribution in [2.24, 2.45) is 4.99 Å². The van der Waals surface area contributed by atoms with E-state index in [4.69, 9.17) is 14.2 Å². The number of esters is 1. The molecule has 35 heavy (non-hydrogen) atoms. The van der Waals surface area contributed by atoms with Crippen molar-refractivity contribution in [1.29, 1.82) is 0 Å². The molecule has 5 heteroatoms. The van der Waals surface area contributed by atoms with Gasteiger partial charge in [-0.15, -0.1) is 0 Å². The average molecular weight is 468 g/mol. The van der Waals surface area contributed by atoms with Gasteiger partial charge in [0, 0.05) is 5.56 Å². The first-order valence-electron chi connectivity index (χ1n) is 12.3. The number of aliphatic imine (C=N–C) groups is 1. The quantitative estimate of drug-likeness (QED) is 0.215. The number of benzene rings is 3. The fourth-order valence-electron chi connectivity index (χ4n) is 4.56. The molecule has 1 saturated carbocycles. The molecule has 1 fully saturated rings. The van der Waals surface area contributed by atoms with Gasteiger partial charge in [0.25, 0.3) is 0 Å². The van der Waals surface area contributed by atoms with Crippen LogP contribution in [0.5, 0.6) is 11.5 Å². The molecule has 5 nitrogen and oxygen atoms in total. The van der Waals surface area contributed by atoms with Gasteiger partial charge in [0.2, 0.25) is 5.90 Å². The Bertz CT molecular complexity index is 1210. The summed E-state index contributed by atoms with van der Waals surface area (Å²) in [6.07, 6.45) is 8.34. The molecule has 0 aromatic heterocycles. The van der Waals surface area contributed by atoms with Crippen LogP contribution < -0.4 is 9.47 Å². The fraction of sp³-hybridized carbons (Fsp3) is 0.267. The van der Waals surface area contributed by atoms with Gasteiger partial charge in [-0.2, -0.15) is 0 Å². The van der Waals surface area contributed by atoms with E-state index in [0.717, 1.165) is 16.9 Å². The maximum atomic E-state index is 12.3. The van der Waals surface area contributed by atoms with E-state index in [1.54, 1.807) is 6.08 Å². The van der Waals surface area contributed by atoms with Gasteiger partial charge in [0.15, 0.2) is 5.70 Å². The fourth-order valence-corrected chi connectivity index (χ4v) is 4.56. The monoisotopic (exact) mass is 467 g/mol. The summed E-state index contributed by atoms with van der Waals surface area (Å²) in [5, 5.41) is 0. The molecule has 0 spiro atoms. The number of nitrogens with zero attached hydrogens (tertiary/aromatic N) is 1. The molecule has 0 N–H and O–H groups in total. The Labute approximate surface area is 206 Å². The lowest BCUT2D eigenvalue weighted by Crippen LogP contribution is -2.09. The minimum Gasteiger partial charge on any atom is -0.490 e. The van der Waals surface area contributed by atoms with Crippen molar-refractivity contribution < 1.29 is 19.0 Å². The predicted molar refractivity (Wildman–Crippen MR) is 137 cm³/mol. The second-order valence-corrected chi connectivity index (χ2v) is 8.88. The zero-order valence-corrected chi connectivity index (χ0v) is 19.7. The van der Waals surface area contributed by atoms with Gasteiger partial charge in [0.05, 0.1) is 0 Å². The molecule has 0 amide bonds. The molecule has 0 bridgehead atoms.